The summed E-state index contributed by atoms with van der Waals surface area (Å²) < 4.78 is 1.68. The van der Waals surface area contributed by atoms with Crippen LogP contribution in [0.2, 0.25) is 0 Å². The lowest BCUT2D eigenvalue weighted by Crippen LogP contribution is -2.33. The Labute approximate surface area is 111 Å². The zero-order valence-corrected chi connectivity index (χ0v) is 10.5. The number of aromatic nitrogens is 4. The molecular formula is C13H8N4OS. The average Bonchev–Trinajstić information content (AvgIpc) is 3.09. The predicted octanol–water partition coefficient (Wildman–Crippen LogP) is 2.24. The highest BCUT2D eigenvalue weighted by Gasteiger charge is 2.13. The van der Waals surface area contributed by atoms with Gasteiger partial charge in [0.15, 0.2) is 0 Å². The molecule has 0 saturated carbocycles. The van der Waals surface area contributed by atoms with E-state index in [1.165, 1.54) is 0 Å². The van der Waals surface area contributed by atoms with Gasteiger partial charge in [0, 0.05) is 22.1 Å². The van der Waals surface area contributed by atoms with Crippen molar-refractivity contribution in [2.45, 2.75) is 0 Å². The molecule has 0 spiro atoms. The fourth-order valence-electron chi connectivity index (χ4n) is 2.16. The summed E-state index contributed by atoms with van der Waals surface area (Å²) in [6.45, 7) is 0. The molecule has 1 aromatic carbocycles. The Morgan fingerprint density at radius 2 is 2.16 bits per heavy atom. The molecule has 4 aromatic rings. The van der Waals surface area contributed by atoms with E-state index in [9.17, 15) is 5.21 Å². The Kier molecular flexibility index (Phi) is 2.07. The smallest absolute Gasteiger partial charge is 0.270 e. The van der Waals surface area contributed by atoms with Gasteiger partial charge in [0.1, 0.15) is 5.52 Å². The van der Waals surface area contributed by atoms with Crippen LogP contribution in [0.4, 0.5) is 0 Å². The molecule has 0 N–H and O–H groups in total. The standard InChI is InChI=1S/C13H8N4OS/c18-17-10-4-3-9(12-2-1-7-19-12)8-11(10)16-13(15-17)5-6-14-16/h1-8H. The van der Waals surface area contributed by atoms with Crippen molar-refractivity contribution in [3.63, 3.8) is 0 Å². The lowest BCUT2D eigenvalue weighted by molar-refractivity contribution is -0.640. The number of hydrogen-bond donors (Lipinski definition) is 0. The number of hydrogen-bond acceptors (Lipinski definition) is 4. The van der Waals surface area contributed by atoms with Crippen molar-refractivity contribution in [2.24, 2.45) is 0 Å². The summed E-state index contributed by atoms with van der Waals surface area (Å²) in [5.74, 6) is 0. The van der Waals surface area contributed by atoms with Crippen LogP contribution in [0.5, 0.6) is 0 Å². The molecule has 6 heteroatoms. The monoisotopic (exact) mass is 268 g/mol. The molecule has 5 nitrogen and oxygen atoms in total. The van der Waals surface area contributed by atoms with E-state index in [2.05, 4.69) is 16.3 Å². The second-order valence-electron chi connectivity index (χ2n) is 4.15. The number of thiophene rings is 1. The lowest BCUT2D eigenvalue weighted by atomic mass is 10.1. The van der Waals surface area contributed by atoms with Crippen LogP contribution in [0.15, 0.2) is 48.0 Å². The lowest BCUT2D eigenvalue weighted by Gasteiger charge is -2.03. The summed E-state index contributed by atoms with van der Waals surface area (Å²) in [5.41, 5.74) is 2.89. The number of rotatable bonds is 1. The van der Waals surface area contributed by atoms with Gasteiger partial charge in [-0.2, -0.15) is 5.10 Å². The first-order valence-corrected chi connectivity index (χ1v) is 6.62. The van der Waals surface area contributed by atoms with E-state index in [1.807, 2.05) is 23.6 Å². The van der Waals surface area contributed by atoms with Crippen molar-refractivity contribution >= 4 is 28.0 Å². The highest BCUT2D eigenvalue weighted by Crippen LogP contribution is 2.26. The molecule has 0 unspecified atom stereocenters. The van der Waals surface area contributed by atoms with Crippen LogP contribution in [-0.2, 0) is 0 Å². The van der Waals surface area contributed by atoms with Gasteiger partial charge in [-0.05, 0) is 34.0 Å². The van der Waals surface area contributed by atoms with E-state index in [0.29, 0.717) is 16.0 Å². The molecule has 0 aliphatic rings. The third-order valence-corrected chi connectivity index (χ3v) is 3.95. The second kappa shape index (κ2) is 3.76. The van der Waals surface area contributed by atoms with Gasteiger partial charge in [-0.25, -0.2) is 4.52 Å². The maximum Gasteiger partial charge on any atom is 0.270 e. The minimum atomic E-state index is 0.511. The van der Waals surface area contributed by atoms with Gasteiger partial charge in [0.2, 0.25) is 5.65 Å². The highest BCUT2D eigenvalue weighted by molar-refractivity contribution is 7.13. The summed E-state index contributed by atoms with van der Waals surface area (Å²) in [7, 11) is 0. The molecule has 4 rings (SSSR count). The molecule has 0 aliphatic carbocycles. The first-order valence-electron chi connectivity index (χ1n) is 5.74. The SMILES string of the molecule is [O-][n+]1nc2ccnn2c2cc(-c3cccs3)ccc21. The van der Waals surface area contributed by atoms with Gasteiger partial charge in [-0.15, -0.1) is 11.3 Å². The Balaban J connectivity index is 2.12. The largest absolute Gasteiger partial charge is 0.594 e. The fraction of sp³-hybridized carbons (Fsp3) is 0. The molecule has 0 fully saturated rings. The van der Waals surface area contributed by atoms with Gasteiger partial charge in [-0.1, -0.05) is 6.07 Å². The molecule has 19 heavy (non-hydrogen) atoms. The number of benzene rings is 1. The van der Waals surface area contributed by atoms with E-state index in [-0.39, 0.29) is 0 Å². The Morgan fingerprint density at radius 1 is 1.21 bits per heavy atom. The highest BCUT2D eigenvalue weighted by atomic mass is 32.1. The first kappa shape index (κ1) is 10.5. The van der Waals surface area contributed by atoms with E-state index in [1.54, 1.807) is 34.2 Å². The zero-order chi connectivity index (χ0) is 12.8. The van der Waals surface area contributed by atoms with E-state index >= 15 is 0 Å². The molecule has 0 aliphatic heterocycles. The summed E-state index contributed by atoms with van der Waals surface area (Å²) in [5, 5.41) is 22.0. The van der Waals surface area contributed by atoms with Crippen LogP contribution in [0.25, 0.3) is 27.1 Å². The van der Waals surface area contributed by atoms with Crippen molar-refractivity contribution in [1.29, 1.82) is 0 Å². The van der Waals surface area contributed by atoms with Crippen molar-refractivity contribution in [1.82, 2.24) is 14.7 Å². The summed E-state index contributed by atoms with van der Waals surface area (Å²) in [6, 6.07) is 11.5. The molecule has 0 bridgehead atoms. The molecule has 0 saturated heterocycles. The van der Waals surface area contributed by atoms with E-state index < -0.39 is 0 Å². The number of nitrogens with zero attached hydrogens (tertiary/aromatic N) is 4. The van der Waals surface area contributed by atoms with Gasteiger partial charge >= 0.3 is 0 Å². The molecule has 0 atom stereocenters. The summed E-state index contributed by atoms with van der Waals surface area (Å²) >= 11 is 1.67. The minimum absolute atomic E-state index is 0.511. The Bertz CT molecular complexity index is 882. The molecule has 3 aromatic heterocycles. The van der Waals surface area contributed by atoms with Gasteiger partial charge in [0.05, 0.1) is 6.20 Å². The van der Waals surface area contributed by atoms with Crippen LogP contribution in [0.1, 0.15) is 0 Å². The molecule has 0 amide bonds. The quantitative estimate of drug-likeness (QED) is 0.393. The van der Waals surface area contributed by atoms with Crippen molar-refractivity contribution in [3.8, 4) is 10.4 Å². The van der Waals surface area contributed by atoms with Gasteiger partial charge < -0.3 is 5.21 Å². The van der Waals surface area contributed by atoms with Crippen LogP contribution >= 0.6 is 11.3 Å². The fourth-order valence-corrected chi connectivity index (χ4v) is 2.88. The minimum Gasteiger partial charge on any atom is -0.594 e. The Morgan fingerprint density at radius 3 is 3.00 bits per heavy atom. The predicted molar refractivity (Wildman–Crippen MR) is 72.8 cm³/mol. The van der Waals surface area contributed by atoms with Crippen molar-refractivity contribution < 1.29 is 4.85 Å². The molecule has 3 heterocycles. The van der Waals surface area contributed by atoms with Crippen molar-refractivity contribution in [3.05, 3.63) is 53.2 Å². The van der Waals surface area contributed by atoms with Crippen LogP contribution in [-0.4, -0.2) is 14.7 Å². The van der Waals surface area contributed by atoms with Crippen molar-refractivity contribution in [2.75, 3.05) is 0 Å². The maximum absolute atomic E-state index is 11.9. The molecule has 0 radical (unpaired) electrons. The molecular weight excluding hydrogens is 260 g/mol. The Hall–Kier alpha value is -2.47. The molecule has 92 valence electrons. The normalized spacial score (nSPS) is 11.4. The van der Waals surface area contributed by atoms with Crippen LogP contribution in [0.3, 0.4) is 0 Å². The van der Waals surface area contributed by atoms with Crippen LogP contribution < -0.4 is 4.85 Å². The maximum atomic E-state index is 11.9. The second-order valence-corrected chi connectivity index (χ2v) is 5.10. The van der Waals surface area contributed by atoms with Gasteiger partial charge in [-0.3, -0.25) is 0 Å². The van der Waals surface area contributed by atoms with E-state index in [4.69, 9.17) is 0 Å². The average molecular weight is 268 g/mol. The van der Waals surface area contributed by atoms with Crippen LogP contribution in [0, 0.1) is 5.21 Å². The van der Waals surface area contributed by atoms with E-state index in [0.717, 1.165) is 16.0 Å². The summed E-state index contributed by atoms with van der Waals surface area (Å²) in [6.07, 6.45) is 1.64. The first-order chi connectivity index (χ1) is 9.33. The summed E-state index contributed by atoms with van der Waals surface area (Å²) in [4.78, 5) is 1.81. The van der Waals surface area contributed by atoms with Gasteiger partial charge in [0.25, 0.3) is 5.52 Å². The third kappa shape index (κ3) is 1.50. The third-order valence-electron chi connectivity index (χ3n) is 3.03. The zero-order valence-electron chi connectivity index (χ0n) is 9.72. The number of fused-ring (bicyclic) bond motifs is 3. The topological polar surface area (TPSA) is 57.1 Å².